The highest BCUT2D eigenvalue weighted by atomic mass is 15.2. The lowest BCUT2D eigenvalue weighted by Gasteiger charge is -2.38. The molecule has 2 heteroatoms. The zero-order valence-corrected chi connectivity index (χ0v) is 14.3. The molecule has 2 nitrogen and oxygen atoms in total. The zero-order valence-electron chi connectivity index (χ0n) is 14.3. The lowest BCUT2D eigenvalue weighted by molar-refractivity contribution is 0.434. The zero-order chi connectivity index (χ0) is 15.2. The van der Waals surface area contributed by atoms with Gasteiger partial charge in [0.15, 0.2) is 0 Å². The molecule has 1 aliphatic heterocycles. The van der Waals surface area contributed by atoms with Crippen molar-refractivity contribution in [2.75, 3.05) is 11.4 Å². The van der Waals surface area contributed by atoms with Gasteiger partial charge in [0.1, 0.15) is 0 Å². The first-order valence-electron chi connectivity index (χ1n) is 8.71. The standard InChI is InChI=1S/C19H32N2/c1-5-8-18-9-6-7-12-21(18)19-11-10-17(13-16(19)4)14-20-15(2)3/h10-11,13,15,18,20H,5-9,12,14H2,1-4H3. The molecule has 1 saturated heterocycles. The van der Waals surface area contributed by atoms with Crippen LogP contribution in [0.2, 0.25) is 0 Å². The van der Waals surface area contributed by atoms with Crippen LogP contribution in [0.15, 0.2) is 18.2 Å². The highest BCUT2D eigenvalue weighted by molar-refractivity contribution is 5.55. The van der Waals surface area contributed by atoms with Gasteiger partial charge in [0, 0.05) is 30.9 Å². The number of nitrogens with one attached hydrogen (secondary N) is 1. The minimum Gasteiger partial charge on any atom is -0.368 e. The fraction of sp³-hybridized carbons (Fsp3) is 0.684. The molecule has 21 heavy (non-hydrogen) atoms. The number of nitrogens with zero attached hydrogens (tertiary/aromatic N) is 1. The van der Waals surface area contributed by atoms with E-state index in [2.05, 4.69) is 56.1 Å². The molecule has 118 valence electrons. The van der Waals surface area contributed by atoms with Gasteiger partial charge in [-0.25, -0.2) is 0 Å². The molecule has 0 spiro atoms. The molecule has 1 N–H and O–H groups in total. The Bertz CT molecular complexity index is 437. The largest absolute Gasteiger partial charge is 0.368 e. The summed E-state index contributed by atoms with van der Waals surface area (Å²) in [6, 6.07) is 8.31. The molecule has 2 rings (SSSR count). The topological polar surface area (TPSA) is 15.3 Å². The van der Waals surface area contributed by atoms with Crippen LogP contribution in [0, 0.1) is 6.92 Å². The quantitative estimate of drug-likeness (QED) is 0.819. The first-order valence-corrected chi connectivity index (χ1v) is 8.71. The first-order chi connectivity index (χ1) is 10.1. The second-order valence-corrected chi connectivity index (χ2v) is 6.79. The molecular formula is C19H32N2. The number of piperidine rings is 1. The van der Waals surface area contributed by atoms with Crippen LogP contribution >= 0.6 is 0 Å². The molecule has 0 aromatic heterocycles. The number of aryl methyl sites for hydroxylation is 1. The number of anilines is 1. The van der Waals surface area contributed by atoms with Crippen LogP contribution in [0.25, 0.3) is 0 Å². The van der Waals surface area contributed by atoms with Crippen molar-refractivity contribution >= 4 is 5.69 Å². The van der Waals surface area contributed by atoms with Gasteiger partial charge in [0.2, 0.25) is 0 Å². The Kier molecular flexibility index (Phi) is 6.10. The molecule has 1 aliphatic rings. The molecule has 1 atom stereocenters. The molecule has 1 unspecified atom stereocenters. The van der Waals surface area contributed by atoms with Gasteiger partial charge in [-0.3, -0.25) is 0 Å². The summed E-state index contributed by atoms with van der Waals surface area (Å²) in [6.07, 6.45) is 6.73. The summed E-state index contributed by atoms with van der Waals surface area (Å²) in [7, 11) is 0. The van der Waals surface area contributed by atoms with Crippen molar-refractivity contribution in [2.24, 2.45) is 0 Å². The Labute approximate surface area is 130 Å². The Morgan fingerprint density at radius 3 is 2.76 bits per heavy atom. The lowest BCUT2D eigenvalue weighted by Crippen LogP contribution is -2.39. The first kappa shape index (κ1) is 16.4. The molecule has 0 aliphatic carbocycles. The fourth-order valence-corrected chi connectivity index (χ4v) is 3.42. The van der Waals surface area contributed by atoms with Crippen LogP contribution in [0.1, 0.15) is 64.0 Å². The van der Waals surface area contributed by atoms with Gasteiger partial charge in [-0.2, -0.15) is 0 Å². The van der Waals surface area contributed by atoms with Crippen LogP contribution in [0.4, 0.5) is 5.69 Å². The van der Waals surface area contributed by atoms with E-state index < -0.39 is 0 Å². The van der Waals surface area contributed by atoms with Crippen molar-refractivity contribution in [3.8, 4) is 0 Å². The van der Waals surface area contributed by atoms with Crippen molar-refractivity contribution in [3.05, 3.63) is 29.3 Å². The molecule has 1 aromatic rings. The number of hydrogen-bond acceptors (Lipinski definition) is 2. The highest BCUT2D eigenvalue weighted by Gasteiger charge is 2.22. The van der Waals surface area contributed by atoms with Gasteiger partial charge in [0.05, 0.1) is 0 Å². The monoisotopic (exact) mass is 288 g/mol. The number of benzene rings is 1. The van der Waals surface area contributed by atoms with E-state index in [1.165, 1.54) is 55.5 Å². The van der Waals surface area contributed by atoms with Gasteiger partial charge in [-0.15, -0.1) is 0 Å². The van der Waals surface area contributed by atoms with Crippen molar-refractivity contribution in [2.45, 2.75) is 78.4 Å². The molecule has 0 amide bonds. The molecular weight excluding hydrogens is 256 g/mol. The summed E-state index contributed by atoms with van der Waals surface area (Å²) in [4.78, 5) is 2.67. The third-order valence-corrected chi connectivity index (χ3v) is 4.53. The molecule has 0 saturated carbocycles. The average Bonchev–Trinajstić information content (AvgIpc) is 2.46. The third kappa shape index (κ3) is 4.47. The van der Waals surface area contributed by atoms with E-state index in [4.69, 9.17) is 0 Å². The SMILES string of the molecule is CCCC1CCCCN1c1ccc(CNC(C)C)cc1C. The predicted molar refractivity (Wildman–Crippen MR) is 93.0 cm³/mol. The van der Waals surface area contributed by atoms with E-state index in [1.54, 1.807) is 0 Å². The van der Waals surface area contributed by atoms with Crippen LogP contribution in [-0.2, 0) is 6.54 Å². The van der Waals surface area contributed by atoms with Crippen LogP contribution in [0.3, 0.4) is 0 Å². The molecule has 1 aromatic carbocycles. The van der Waals surface area contributed by atoms with E-state index >= 15 is 0 Å². The van der Waals surface area contributed by atoms with Crippen molar-refractivity contribution in [1.29, 1.82) is 0 Å². The number of hydrogen-bond donors (Lipinski definition) is 1. The van der Waals surface area contributed by atoms with Crippen LogP contribution in [-0.4, -0.2) is 18.6 Å². The van der Waals surface area contributed by atoms with Gasteiger partial charge in [-0.1, -0.05) is 39.3 Å². The number of rotatable bonds is 6. The average molecular weight is 288 g/mol. The second kappa shape index (κ2) is 7.84. The molecule has 1 fully saturated rings. The fourth-order valence-electron chi connectivity index (χ4n) is 3.42. The van der Waals surface area contributed by atoms with Crippen LogP contribution in [0.5, 0.6) is 0 Å². The summed E-state index contributed by atoms with van der Waals surface area (Å²) in [6.45, 7) is 11.2. The van der Waals surface area contributed by atoms with Crippen molar-refractivity contribution in [3.63, 3.8) is 0 Å². The smallest absolute Gasteiger partial charge is 0.0398 e. The van der Waals surface area contributed by atoms with Gasteiger partial charge in [-0.05, 0) is 49.8 Å². The third-order valence-electron chi connectivity index (χ3n) is 4.53. The normalized spacial score (nSPS) is 19.3. The Hall–Kier alpha value is -1.02. The second-order valence-electron chi connectivity index (χ2n) is 6.79. The summed E-state index contributed by atoms with van der Waals surface area (Å²) >= 11 is 0. The highest BCUT2D eigenvalue weighted by Crippen LogP contribution is 2.30. The Morgan fingerprint density at radius 2 is 2.10 bits per heavy atom. The van der Waals surface area contributed by atoms with E-state index in [9.17, 15) is 0 Å². The van der Waals surface area contributed by atoms with Gasteiger partial charge >= 0.3 is 0 Å². The molecule has 0 radical (unpaired) electrons. The maximum Gasteiger partial charge on any atom is 0.0398 e. The summed E-state index contributed by atoms with van der Waals surface area (Å²) in [5.41, 5.74) is 4.29. The summed E-state index contributed by atoms with van der Waals surface area (Å²) < 4.78 is 0. The van der Waals surface area contributed by atoms with E-state index in [1.807, 2.05) is 0 Å². The summed E-state index contributed by atoms with van der Waals surface area (Å²) in [5, 5.41) is 3.50. The lowest BCUT2D eigenvalue weighted by atomic mass is 9.96. The minimum absolute atomic E-state index is 0.543. The summed E-state index contributed by atoms with van der Waals surface area (Å²) in [5.74, 6) is 0. The van der Waals surface area contributed by atoms with Crippen LogP contribution < -0.4 is 10.2 Å². The van der Waals surface area contributed by atoms with Crippen molar-refractivity contribution in [1.82, 2.24) is 5.32 Å². The molecule has 0 bridgehead atoms. The maximum atomic E-state index is 3.50. The van der Waals surface area contributed by atoms with E-state index in [0.717, 1.165) is 12.6 Å². The van der Waals surface area contributed by atoms with Crippen molar-refractivity contribution < 1.29 is 0 Å². The predicted octanol–water partition coefficient (Wildman–Crippen LogP) is 4.65. The minimum atomic E-state index is 0.543. The Morgan fingerprint density at radius 1 is 1.29 bits per heavy atom. The molecule has 1 heterocycles. The maximum absolute atomic E-state index is 3.50. The van der Waals surface area contributed by atoms with E-state index in [-0.39, 0.29) is 0 Å². The Balaban J connectivity index is 2.11. The van der Waals surface area contributed by atoms with Gasteiger partial charge < -0.3 is 10.2 Å². The van der Waals surface area contributed by atoms with Gasteiger partial charge in [0.25, 0.3) is 0 Å². The van der Waals surface area contributed by atoms with E-state index in [0.29, 0.717) is 6.04 Å².